The van der Waals surface area contributed by atoms with Crippen LogP contribution >= 0.6 is 0 Å². The van der Waals surface area contributed by atoms with Gasteiger partial charge in [0.15, 0.2) is 11.5 Å². The van der Waals surface area contributed by atoms with Gasteiger partial charge in [0.25, 0.3) is 0 Å². The molecular formula is C15H19NO3. The van der Waals surface area contributed by atoms with Crippen molar-refractivity contribution in [3.8, 4) is 11.5 Å². The molecule has 1 fully saturated rings. The number of hydrogen-bond donors (Lipinski definition) is 1. The quantitative estimate of drug-likeness (QED) is 0.905. The maximum atomic E-state index is 11.8. The van der Waals surface area contributed by atoms with E-state index in [1.165, 1.54) is 0 Å². The normalized spacial score (nSPS) is 18.8. The molecule has 0 radical (unpaired) electrons. The second kappa shape index (κ2) is 4.76. The smallest absolute Gasteiger partial charge is 0.220 e. The van der Waals surface area contributed by atoms with E-state index in [0.717, 1.165) is 36.3 Å². The van der Waals surface area contributed by atoms with E-state index in [1.54, 1.807) is 0 Å². The fraction of sp³-hybridized carbons (Fsp3) is 0.533. The molecular weight excluding hydrogens is 242 g/mol. The average Bonchev–Trinajstić information content (AvgIpc) is 3.19. The average molecular weight is 261 g/mol. The first kappa shape index (κ1) is 12.3. The number of rotatable bonds is 4. The zero-order valence-corrected chi connectivity index (χ0v) is 11.2. The molecule has 102 valence electrons. The minimum atomic E-state index is -0.165. The van der Waals surface area contributed by atoms with E-state index in [4.69, 9.17) is 9.47 Å². The first-order valence-corrected chi connectivity index (χ1v) is 6.95. The lowest BCUT2D eigenvalue weighted by atomic mass is 10.0. The first-order valence-electron chi connectivity index (χ1n) is 6.95. The highest BCUT2D eigenvalue weighted by Crippen LogP contribution is 2.47. The molecule has 1 heterocycles. The second-order valence-electron chi connectivity index (χ2n) is 5.24. The highest BCUT2D eigenvalue weighted by Gasteiger charge is 2.45. The molecule has 0 spiro atoms. The molecule has 0 atom stereocenters. The summed E-state index contributed by atoms with van der Waals surface area (Å²) in [6.07, 6.45) is 3.47. The third kappa shape index (κ3) is 2.39. The molecule has 19 heavy (non-hydrogen) atoms. The number of amides is 1. The van der Waals surface area contributed by atoms with Gasteiger partial charge in [0.2, 0.25) is 5.91 Å². The summed E-state index contributed by atoms with van der Waals surface area (Å²) >= 11 is 0. The molecule has 1 aliphatic heterocycles. The molecule has 4 heteroatoms. The van der Waals surface area contributed by atoms with Crippen molar-refractivity contribution in [3.05, 3.63) is 23.8 Å². The topological polar surface area (TPSA) is 47.6 Å². The van der Waals surface area contributed by atoms with Crippen LogP contribution in [0.15, 0.2) is 18.2 Å². The fourth-order valence-electron chi connectivity index (χ4n) is 2.51. The molecule has 2 aliphatic rings. The molecule has 1 saturated carbocycles. The van der Waals surface area contributed by atoms with Crippen molar-refractivity contribution < 1.29 is 14.3 Å². The summed E-state index contributed by atoms with van der Waals surface area (Å²) < 4.78 is 11.1. The van der Waals surface area contributed by atoms with Gasteiger partial charge in [-0.1, -0.05) is 13.0 Å². The van der Waals surface area contributed by atoms with Gasteiger partial charge in [-0.15, -0.1) is 0 Å². The van der Waals surface area contributed by atoms with Crippen LogP contribution in [0.1, 0.15) is 38.2 Å². The van der Waals surface area contributed by atoms with Crippen LogP contribution in [0.3, 0.4) is 0 Å². The van der Waals surface area contributed by atoms with E-state index in [9.17, 15) is 4.79 Å². The van der Waals surface area contributed by atoms with Gasteiger partial charge in [0, 0.05) is 6.42 Å². The Bertz CT molecular complexity index is 494. The van der Waals surface area contributed by atoms with E-state index in [0.29, 0.717) is 19.6 Å². The molecule has 1 aliphatic carbocycles. The van der Waals surface area contributed by atoms with E-state index < -0.39 is 0 Å². The van der Waals surface area contributed by atoms with Gasteiger partial charge in [-0.05, 0) is 37.0 Å². The van der Waals surface area contributed by atoms with Crippen LogP contribution < -0.4 is 14.8 Å². The number of hydrogen-bond acceptors (Lipinski definition) is 3. The molecule has 3 rings (SSSR count). The van der Waals surface area contributed by atoms with Gasteiger partial charge < -0.3 is 14.8 Å². The molecule has 4 nitrogen and oxygen atoms in total. The van der Waals surface area contributed by atoms with Crippen molar-refractivity contribution in [2.75, 3.05) is 13.2 Å². The summed E-state index contributed by atoms with van der Waals surface area (Å²) in [5.41, 5.74) is 0.962. The lowest BCUT2D eigenvalue weighted by molar-refractivity contribution is -0.122. The third-order valence-corrected chi connectivity index (χ3v) is 3.70. The van der Waals surface area contributed by atoms with Gasteiger partial charge in [-0.2, -0.15) is 0 Å². The van der Waals surface area contributed by atoms with Gasteiger partial charge in [-0.25, -0.2) is 0 Å². The molecule has 0 bridgehead atoms. The Balaban J connectivity index is 1.80. The molecule has 1 aromatic rings. The van der Waals surface area contributed by atoms with Crippen LogP contribution in [0.5, 0.6) is 11.5 Å². The van der Waals surface area contributed by atoms with Crippen molar-refractivity contribution in [2.45, 2.75) is 38.1 Å². The van der Waals surface area contributed by atoms with Crippen LogP contribution in [-0.4, -0.2) is 19.1 Å². The monoisotopic (exact) mass is 261 g/mol. The van der Waals surface area contributed by atoms with Crippen LogP contribution in [0.25, 0.3) is 0 Å². The predicted octanol–water partition coefficient (Wildman–Crippen LogP) is 2.36. The van der Waals surface area contributed by atoms with Crippen LogP contribution in [0, 0.1) is 0 Å². The SMILES string of the molecule is CCCC(=O)NC1(c2ccc3c(c2)OCCO3)CC1. The Hall–Kier alpha value is -1.71. The van der Waals surface area contributed by atoms with E-state index in [-0.39, 0.29) is 11.4 Å². The van der Waals surface area contributed by atoms with Gasteiger partial charge in [0.1, 0.15) is 13.2 Å². The van der Waals surface area contributed by atoms with Gasteiger partial charge >= 0.3 is 0 Å². The van der Waals surface area contributed by atoms with Crippen molar-refractivity contribution in [1.82, 2.24) is 5.32 Å². The molecule has 1 amide bonds. The Morgan fingerprint density at radius 3 is 2.68 bits per heavy atom. The largest absolute Gasteiger partial charge is 0.486 e. The summed E-state index contributed by atoms with van der Waals surface area (Å²) in [4.78, 5) is 11.8. The number of carbonyl (C=O) groups excluding carboxylic acids is 1. The van der Waals surface area contributed by atoms with Crippen molar-refractivity contribution >= 4 is 5.91 Å². The second-order valence-corrected chi connectivity index (χ2v) is 5.24. The maximum Gasteiger partial charge on any atom is 0.220 e. The number of benzene rings is 1. The Morgan fingerprint density at radius 1 is 1.26 bits per heavy atom. The fourth-order valence-corrected chi connectivity index (χ4v) is 2.51. The minimum absolute atomic E-state index is 0.134. The van der Waals surface area contributed by atoms with Crippen LogP contribution in [-0.2, 0) is 10.3 Å². The maximum absolute atomic E-state index is 11.8. The Kier molecular flexibility index (Phi) is 3.09. The molecule has 1 N–H and O–H groups in total. The molecule has 0 unspecified atom stereocenters. The summed E-state index contributed by atoms with van der Waals surface area (Å²) in [5.74, 6) is 1.72. The summed E-state index contributed by atoms with van der Waals surface area (Å²) in [6.45, 7) is 3.21. The van der Waals surface area contributed by atoms with Crippen LogP contribution in [0.2, 0.25) is 0 Å². The van der Waals surface area contributed by atoms with Crippen LogP contribution in [0.4, 0.5) is 0 Å². The zero-order chi connectivity index (χ0) is 13.3. The third-order valence-electron chi connectivity index (χ3n) is 3.70. The van der Waals surface area contributed by atoms with E-state index in [2.05, 4.69) is 5.32 Å². The van der Waals surface area contributed by atoms with E-state index in [1.807, 2.05) is 25.1 Å². The number of carbonyl (C=O) groups is 1. The highest BCUT2D eigenvalue weighted by atomic mass is 16.6. The van der Waals surface area contributed by atoms with Crippen molar-refractivity contribution in [3.63, 3.8) is 0 Å². The molecule has 0 saturated heterocycles. The number of fused-ring (bicyclic) bond motifs is 1. The number of nitrogens with one attached hydrogen (secondary N) is 1. The predicted molar refractivity (Wildman–Crippen MR) is 71.4 cm³/mol. The van der Waals surface area contributed by atoms with Gasteiger partial charge in [-0.3, -0.25) is 4.79 Å². The zero-order valence-electron chi connectivity index (χ0n) is 11.2. The summed E-state index contributed by atoms with van der Waals surface area (Å²) in [5, 5.41) is 3.16. The van der Waals surface area contributed by atoms with E-state index >= 15 is 0 Å². The summed E-state index contributed by atoms with van der Waals surface area (Å²) in [7, 11) is 0. The minimum Gasteiger partial charge on any atom is -0.486 e. The summed E-state index contributed by atoms with van der Waals surface area (Å²) in [6, 6.07) is 5.98. The highest BCUT2D eigenvalue weighted by molar-refractivity contribution is 5.77. The Morgan fingerprint density at radius 2 is 2.00 bits per heavy atom. The molecule has 0 aromatic heterocycles. The first-order chi connectivity index (χ1) is 9.23. The molecule has 1 aromatic carbocycles. The van der Waals surface area contributed by atoms with Crippen molar-refractivity contribution in [2.24, 2.45) is 0 Å². The van der Waals surface area contributed by atoms with Crippen molar-refractivity contribution in [1.29, 1.82) is 0 Å². The number of ether oxygens (including phenoxy) is 2. The standard InChI is InChI=1S/C15H19NO3/c1-2-3-14(17)16-15(6-7-15)11-4-5-12-13(10-11)19-9-8-18-12/h4-5,10H,2-3,6-9H2,1H3,(H,16,17). The lowest BCUT2D eigenvalue weighted by Gasteiger charge is -2.22. The van der Waals surface area contributed by atoms with Gasteiger partial charge in [0.05, 0.1) is 5.54 Å². The Labute approximate surface area is 113 Å². The lowest BCUT2D eigenvalue weighted by Crippen LogP contribution is -2.34.